The van der Waals surface area contributed by atoms with Crippen molar-refractivity contribution < 1.29 is 22.5 Å². The molecular weight excluding hydrogens is 594 g/mol. The van der Waals surface area contributed by atoms with Gasteiger partial charge in [-0.05, 0) is 79.1 Å². The van der Waals surface area contributed by atoms with Crippen LogP contribution in [0.3, 0.4) is 0 Å². The number of amides is 3. The highest BCUT2D eigenvalue weighted by Crippen LogP contribution is 2.47. The van der Waals surface area contributed by atoms with Gasteiger partial charge < -0.3 is 20.1 Å². The zero-order valence-electron chi connectivity index (χ0n) is 25.2. The summed E-state index contributed by atoms with van der Waals surface area (Å²) in [6, 6.07) is 13.9. The first-order chi connectivity index (χ1) is 21.6. The minimum absolute atomic E-state index is 0.0600. The molecule has 13 heteroatoms. The van der Waals surface area contributed by atoms with Crippen LogP contribution in [0.15, 0.2) is 59.4 Å². The van der Waals surface area contributed by atoms with Gasteiger partial charge in [-0.2, -0.15) is 10.1 Å². The van der Waals surface area contributed by atoms with E-state index in [0.717, 1.165) is 33.5 Å². The molecule has 4 heterocycles. The molecule has 45 heavy (non-hydrogen) atoms. The van der Waals surface area contributed by atoms with Crippen LogP contribution in [0.4, 0.5) is 4.79 Å². The molecule has 2 N–H and O–H groups in total. The molecular formula is C32H35N7O5S. The van der Waals surface area contributed by atoms with E-state index in [0.29, 0.717) is 50.6 Å². The van der Waals surface area contributed by atoms with Gasteiger partial charge in [0.1, 0.15) is 0 Å². The van der Waals surface area contributed by atoms with Crippen molar-refractivity contribution in [1.29, 1.82) is 0 Å². The number of nitrogens with one attached hydrogen (secondary N) is 2. The van der Waals surface area contributed by atoms with Gasteiger partial charge in [-0.3, -0.25) is 4.79 Å². The Hall–Kier alpha value is -4.52. The smallest absolute Gasteiger partial charge is 0.318 e. The van der Waals surface area contributed by atoms with Crippen LogP contribution in [0.5, 0.6) is 0 Å². The predicted octanol–water partition coefficient (Wildman–Crippen LogP) is 3.30. The number of hydrogen-bond acceptors (Lipinski definition) is 8. The Balaban J connectivity index is 1.15. The molecule has 7 rings (SSSR count). The normalized spacial score (nSPS) is 23.4. The maximum Gasteiger partial charge on any atom is 0.318 e. The van der Waals surface area contributed by atoms with Crippen molar-refractivity contribution in [3.05, 3.63) is 83.3 Å². The van der Waals surface area contributed by atoms with E-state index in [1.165, 1.54) is 0 Å². The number of carbonyl (C=O) groups excluding carboxylic acids is 2. The summed E-state index contributed by atoms with van der Waals surface area (Å²) in [7, 11) is -3.17. The Morgan fingerprint density at radius 2 is 2.02 bits per heavy atom. The van der Waals surface area contributed by atoms with Crippen molar-refractivity contribution in [3.8, 4) is 16.8 Å². The summed E-state index contributed by atoms with van der Waals surface area (Å²) in [6.07, 6.45) is 5.31. The molecule has 3 atom stereocenters. The number of hydrogen-bond donors (Lipinski definition) is 2. The fourth-order valence-corrected chi connectivity index (χ4v) is 8.66. The molecule has 3 aliphatic rings. The minimum Gasteiger partial charge on any atom is -0.352 e. The van der Waals surface area contributed by atoms with E-state index in [1.807, 2.05) is 35.1 Å². The molecule has 0 radical (unpaired) electrons. The number of benzene rings is 2. The molecule has 1 saturated carbocycles. The van der Waals surface area contributed by atoms with Gasteiger partial charge >= 0.3 is 6.03 Å². The van der Waals surface area contributed by atoms with Crippen molar-refractivity contribution in [1.82, 2.24) is 35.5 Å². The molecule has 1 aliphatic carbocycles. The molecule has 0 bridgehead atoms. The van der Waals surface area contributed by atoms with E-state index in [1.54, 1.807) is 24.9 Å². The van der Waals surface area contributed by atoms with Gasteiger partial charge in [0.25, 0.3) is 0 Å². The van der Waals surface area contributed by atoms with E-state index in [2.05, 4.69) is 44.1 Å². The van der Waals surface area contributed by atoms with Gasteiger partial charge in [0.05, 0.1) is 34.6 Å². The molecule has 2 aromatic carbocycles. The average molecular weight is 630 g/mol. The SMILES string of the molecule is Cc1noc([C@@H]2C[C@H]2C(=O)NCc2ccc(-c3cccc(-n4cccn4)c3)c3c2CN(C(=O)NC2(C)CCS(=O)(=O)C2)CC3)n1. The van der Waals surface area contributed by atoms with Crippen LogP contribution in [-0.2, 0) is 34.1 Å². The topological polar surface area (TPSA) is 152 Å². The van der Waals surface area contributed by atoms with E-state index in [-0.39, 0.29) is 35.3 Å². The molecule has 3 amide bonds. The summed E-state index contributed by atoms with van der Waals surface area (Å²) in [5, 5.41) is 14.3. The third-order valence-corrected chi connectivity index (χ3v) is 11.0. The Bertz CT molecular complexity index is 1890. The highest BCUT2D eigenvalue weighted by atomic mass is 32.2. The molecule has 234 valence electrons. The summed E-state index contributed by atoms with van der Waals surface area (Å²) in [5.74, 6) is 0.717. The molecule has 2 aromatic heterocycles. The molecule has 2 fully saturated rings. The van der Waals surface area contributed by atoms with Gasteiger partial charge in [-0.1, -0.05) is 29.4 Å². The summed E-state index contributed by atoms with van der Waals surface area (Å²) in [6.45, 7) is 4.68. The third kappa shape index (κ3) is 5.96. The van der Waals surface area contributed by atoms with Crippen LogP contribution >= 0.6 is 0 Å². The van der Waals surface area contributed by atoms with Crippen LogP contribution in [-0.4, -0.2) is 68.8 Å². The first-order valence-electron chi connectivity index (χ1n) is 15.2. The van der Waals surface area contributed by atoms with E-state index in [4.69, 9.17) is 4.52 Å². The predicted molar refractivity (Wildman–Crippen MR) is 165 cm³/mol. The number of aryl methyl sites for hydroxylation is 1. The van der Waals surface area contributed by atoms with Gasteiger partial charge in [0.2, 0.25) is 11.8 Å². The first-order valence-corrected chi connectivity index (χ1v) is 17.0. The number of sulfone groups is 1. The van der Waals surface area contributed by atoms with Crippen molar-refractivity contribution >= 4 is 21.8 Å². The van der Waals surface area contributed by atoms with E-state index >= 15 is 0 Å². The molecule has 12 nitrogen and oxygen atoms in total. The van der Waals surface area contributed by atoms with Crippen molar-refractivity contribution in [3.63, 3.8) is 0 Å². The fraction of sp³-hybridized carbons (Fsp3) is 0.406. The van der Waals surface area contributed by atoms with Gasteiger partial charge in [-0.25, -0.2) is 17.9 Å². The lowest BCUT2D eigenvalue weighted by Gasteiger charge is -2.35. The van der Waals surface area contributed by atoms with Gasteiger partial charge in [0, 0.05) is 32.0 Å². The number of nitrogens with zero attached hydrogens (tertiary/aromatic N) is 5. The minimum atomic E-state index is -3.17. The summed E-state index contributed by atoms with van der Waals surface area (Å²) < 4.78 is 31.4. The summed E-state index contributed by atoms with van der Waals surface area (Å²) >= 11 is 0. The monoisotopic (exact) mass is 629 g/mol. The quantitative estimate of drug-likeness (QED) is 0.316. The van der Waals surface area contributed by atoms with E-state index in [9.17, 15) is 18.0 Å². The maximum absolute atomic E-state index is 13.5. The lowest BCUT2D eigenvalue weighted by Crippen LogP contribution is -2.53. The second kappa shape index (κ2) is 11.1. The van der Waals surface area contributed by atoms with Crippen LogP contribution in [0, 0.1) is 12.8 Å². The zero-order valence-corrected chi connectivity index (χ0v) is 26.0. The first kappa shape index (κ1) is 29.2. The number of carbonyl (C=O) groups is 2. The Morgan fingerprint density at radius 3 is 2.76 bits per heavy atom. The maximum atomic E-state index is 13.5. The molecule has 1 saturated heterocycles. The molecule has 1 unspecified atom stereocenters. The number of rotatable bonds is 7. The number of urea groups is 1. The Morgan fingerprint density at radius 1 is 1.16 bits per heavy atom. The van der Waals surface area contributed by atoms with Crippen LogP contribution in [0.2, 0.25) is 0 Å². The zero-order chi connectivity index (χ0) is 31.3. The largest absolute Gasteiger partial charge is 0.352 e. The van der Waals surface area contributed by atoms with Crippen molar-refractivity contribution in [2.24, 2.45) is 5.92 Å². The number of fused-ring (bicyclic) bond motifs is 1. The molecule has 0 spiro atoms. The van der Waals surface area contributed by atoms with Crippen LogP contribution < -0.4 is 10.6 Å². The standard InChI is InChI=1S/C32H35N7O5S/c1-20-35-30(44-37-20)27-16-26(27)29(40)33-17-22-7-8-24(21-5-3-6-23(15-21)39-12-4-11-34-39)25-9-13-38(18-28(22)25)31(41)36-32(2)10-14-45(42,43)19-32/h3-8,11-12,15,26-27H,9-10,13-14,16-19H2,1-2H3,(H,33,40)(H,36,41)/t26-,27-,32?/m1/s1. The Kier molecular flexibility index (Phi) is 7.22. The van der Waals surface area contributed by atoms with Gasteiger partial charge in [0.15, 0.2) is 15.7 Å². The fourth-order valence-electron chi connectivity index (χ4n) is 6.57. The molecule has 2 aliphatic heterocycles. The lowest BCUT2D eigenvalue weighted by molar-refractivity contribution is -0.122. The summed E-state index contributed by atoms with van der Waals surface area (Å²) in [5.41, 5.74) is 5.30. The highest BCUT2D eigenvalue weighted by molar-refractivity contribution is 7.91. The average Bonchev–Trinajstić information content (AvgIpc) is 3.28. The molecule has 4 aromatic rings. The van der Waals surface area contributed by atoms with E-state index < -0.39 is 15.4 Å². The highest BCUT2D eigenvalue weighted by Gasteiger charge is 2.47. The Labute approximate surface area is 261 Å². The summed E-state index contributed by atoms with van der Waals surface area (Å²) in [4.78, 5) is 32.6. The van der Waals surface area contributed by atoms with Crippen LogP contribution in [0.25, 0.3) is 16.8 Å². The van der Waals surface area contributed by atoms with Crippen LogP contribution in [0.1, 0.15) is 54.1 Å². The van der Waals surface area contributed by atoms with Crippen molar-refractivity contribution in [2.75, 3.05) is 18.1 Å². The van der Waals surface area contributed by atoms with Crippen molar-refractivity contribution in [2.45, 2.75) is 57.7 Å². The third-order valence-electron chi connectivity index (χ3n) is 9.08. The second-order valence-electron chi connectivity index (χ2n) is 12.6. The second-order valence-corrected chi connectivity index (χ2v) is 14.8. The number of aromatic nitrogens is 4. The van der Waals surface area contributed by atoms with Gasteiger partial charge in [-0.15, -0.1) is 0 Å². The lowest BCUT2D eigenvalue weighted by atomic mass is 9.87.